The summed E-state index contributed by atoms with van der Waals surface area (Å²) in [6, 6.07) is 5.72. The van der Waals surface area contributed by atoms with Crippen LogP contribution in [0.15, 0.2) is 18.2 Å². The number of methoxy groups -OCH3 is 1. The zero-order valence-corrected chi connectivity index (χ0v) is 10.2. The third-order valence-corrected chi connectivity index (χ3v) is 2.33. The molecule has 1 aromatic carbocycles. The number of ether oxygens (including phenoxy) is 2. The molecular formula is C11H15NO2S. The minimum atomic E-state index is 0.414. The second kappa shape index (κ2) is 4.98. The van der Waals surface area contributed by atoms with Gasteiger partial charge in [0.1, 0.15) is 0 Å². The van der Waals surface area contributed by atoms with Crippen molar-refractivity contribution in [1.82, 2.24) is 4.90 Å². The van der Waals surface area contributed by atoms with Crippen molar-refractivity contribution in [2.45, 2.75) is 6.92 Å². The molecule has 0 aliphatic carbocycles. The maximum Gasteiger partial charge on any atom is 0.264 e. The maximum atomic E-state index is 5.49. The van der Waals surface area contributed by atoms with Gasteiger partial charge in [-0.15, -0.1) is 0 Å². The molecule has 0 atom stereocenters. The highest BCUT2D eigenvalue weighted by atomic mass is 32.1. The van der Waals surface area contributed by atoms with Crippen molar-refractivity contribution in [3.8, 4) is 11.5 Å². The van der Waals surface area contributed by atoms with Gasteiger partial charge < -0.3 is 14.4 Å². The molecule has 0 saturated carbocycles. The van der Waals surface area contributed by atoms with E-state index < -0.39 is 0 Å². The summed E-state index contributed by atoms with van der Waals surface area (Å²) in [5.41, 5.74) is 1.12. The normalized spacial score (nSPS) is 9.60. The number of aryl methyl sites for hydroxylation is 1. The Balaban J connectivity index is 2.89. The fourth-order valence-corrected chi connectivity index (χ4v) is 1.13. The highest BCUT2D eigenvalue weighted by Gasteiger charge is 2.08. The largest absolute Gasteiger partial charge is 0.493 e. The first-order valence-electron chi connectivity index (χ1n) is 4.58. The van der Waals surface area contributed by atoms with Crippen LogP contribution < -0.4 is 9.47 Å². The van der Waals surface area contributed by atoms with Gasteiger partial charge in [-0.3, -0.25) is 0 Å². The third-order valence-electron chi connectivity index (χ3n) is 1.88. The van der Waals surface area contributed by atoms with E-state index in [0.717, 1.165) is 5.56 Å². The Morgan fingerprint density at radius 2 is 1.93 bits per heavy atom. The molecule has 0 saturated heterocycles. The summed E-state index contributed by atoms with van der Waals surface area (Å²) in [6.07, 6.45) is 0. The van der Waals surface area contributed by atoms with E-state index in [9.17, 15) is 0 Å². The zero-order valence-electron chi connectivity index (χ0n) is 9.40. The summed E-state index contributed by atoms with van der Waals surface area (Å²) in [4.78, 5) is 1.73. The molecule has 1 rings (SSSR count). The molecule has 0 aliphatic heterocycles. The van der Waals surface area contributed by atoms with Crippen molar-refractivity contribution in [3.05, 3.63) is 23.8 Å². The standard InChI is InChI=1S/C11H15NO2S/c1-8-5-6-9(10(7-8)13-4)14-11(15)12(2)3/h5-7H,1-4H3. The molecule has 0 N–H and O–H groups in total. The van der Waals surface area contributed by atoms with E-state index in [4.69, 9.17) is 21.7 Å². The third kappa shape index (κ3) is 3.09. The summed E-state index contributed by atoms with van der Waals surface area (Å²) in [5.74, 6) is 1.33. The molecule has 3 nitrogen and oxygen atoms in total. The number of hydrogen-bond donors (Lipinski definition) is 0. The van der Waals surface area contributed by atoms with E-state index in [1.54, 1.807) is 12.0 Å². The van der Waals surface area contributed by atoms with Gasteiger partial charge in [-0.1, -0.05) is 6.07 Å². The quantitative estimate of drug-likeness (QED) is 0.719. The Bertz CT molecular complexity index is 364. The molecule has 0 heterocycles. The number of hydrogen-bond acceptors (Lipinski definition) is 3. The van der Waals surface area contributed by atoms with Gasteiger partial charge >= 0.3 is 0 Å². The average Bonchev–Trinajstić information content (AvgIpc) is 2.20. The molecule has 0 radical (unpaired) electrons. The van der Waals surface area contributed by atoms with E-state index in [1.165, 1.54) is 0 Å². The van der Waals surface area contributed by atoms with Gasteiger partial charge in [-0.05, 0) is 36.8 Å². The van der Waals surface area contributed by atoms with Gasteiger partial charge in [-0.2, -0.15) is 0 Å². The smallest absolute Gasteiger partial charge is 0.264 e. The van der Waals surface area contributed by atoms with E-state index in [0.29, 0.717) is 16.7 Å². The number of rotatable bonds is 2. The molecule has 15 heavy (non-hydrogen) atoms. The van der Waals surface area contributed by atoms with Crippen molar-refractivity contribution in [2.24, 2.45) is 0 Å². The van der Waals surface area contributed by atoms with E-state index >= 15 is 0 Å². The van der Waals surface area contributed by atoms with E-state index in [-0.39, 0.29) is 0 Å². The number of benzene rings is 1. The first-order chi connectivity index (χ1) is 7.04. The fourth-order valence-electron chi connectivity index (χ4n) is 1.04. The molecule has 0 fully saturated rings. The molecule has 0 bridgehead atoms. The predicted octanol–water partition coefficient (Wildman–Crippen LogP) is 2.23. The molecule has 0 aromatic heterocycles. The first kappa shape index (κ1) is 11.8. The van der Waals surface area contributed by atoms with Gasteiger partial charge in [-0.25, -0.2) is 0 Å². The lowest BCUT2D eigenvalue weighted by Gasteiger charge is -2.16. The Kier molecular flexibility index (Phi) is 3.91. The van der Waals surface area contributed by atoms with Gasteiger partial charge in [0.25, 0.3) is 5.17 Å². The summed E-state index contributed by atoms with van der Waals surface area (Å²) in [5, 5.41) is 0.414. The Labute approximate surface area is 95.6 Å². The second-order valence-corrected chi connectivity index (χ2v) is 3.77. The van der Waals surface area contributed by atoms with Crippen LogP contribution in [-0.2, 0) is 0 Å². The minimum Gasteiger partial charge on any atom is -0.493 e. The van der Waals surface area contributed by atoms with Gasteiger partial charge in [0.05, 0.1) is 7.11 Å². The van der Waals surface area contributed by atoms with Crippen LogP contribution in [0.2, 0.25) is 0 Å². The van der Waals surface area contributed by atoms with Crippen LogP contribution in [0.5, 0.6) is 11.5 Å². The molecule has 1 aromatic rings. The lowest BCUT2D eigenvalue weighted by molar-refractivity contribution is 0.378. The van der Waals surface area contributed by atoms with Gasteiger partial charge in [0, 0.05) is 14.1 Å². The van der Waals surface area contributed by atoms with Crippen LogP contribution in [0, 0.1) is 6.92 Å². The maximum absolute atomic E-state index is 5.49. The van der Waals surface area contributed by atoms with Crippen LogP contribution in [-0.4, -0.2) is 31.3 Å². The Morgan fingerprint density at radius 1 is 1.27 bits per heavy atom. The van der Waals surface area contributed by atoms with E-state index in [1.807, 2.05) is 39.2 Å². The van der Waals surface area contributed by atoms with Crippen molar-refractivity contribution >= 4 is 17.4 Å². The molecule has 0 amide bonds. The topological polar surface area (TPSA) is 21.7 Å². The predicted molar refractivity (Wildman–Crippen MR) is 64.6 cm³/mol. The summed E-state index contributed by atoms with van der Waals surface area (Å²) < 4.78 is 10.7. The zero-order chi connectivity index (χ0) is 11.4. The van der Waals surface area contributed by atoms with Crippen LogP contribution in [0.25, 0.3) is 0 Å². The van der Waals surface area contributed by atoms with Crippen LogP contribution in [0.4, 0.5) is 0 Å². The van der Waals surface area contributed by atoms with Crippen LogP contribution >= 0.6 is 12.2 Å². The van der Waals surface area contributed by atoms with Crippen molar-refractivity contribution in [3.63, 3.8) is 0 Å². The first-order valence-corrected chi connectivity index (χ1v) is 4.99. The lowest BCUT2D eigenvalue weighted by Crippen LogP contribution is -2.25. The van der Waals surface area contributed by atoms with E-state index in [2.05, 4.69) is 0 Å². The summed E-state index contributed by atoms with van der Waals surface area (Å²) in [6.45, 7) is 2.00. The summed E-state index contributed by atoms with van der Waals surface area (Å²) in [7, 11) is 5.28. The average molecular weight is 225 g/mol. The van der Waals surface area contributed by atoms with Crippen molar-refractivity contribution < 1.29 is 9.47 Å². The molecule has 0 aliphatic rings. The lowest BCUT2D eigenvalue weighted by atomic mass is 10.2. The highest BCUT2D eigenvalue weighted by Crippen LogP contribution is 2.28. The SMILES string of the molecule is COc1cc(C)ccc1OC(=S)N(C)C. The molecule has 0 spiro atoms. The monoisotopic (exact) mass is 225 g/mol. The molecular weight excluding hydrogens is 210 g/mol. The fraction of sp³-hybridized carbons (Fsp3) is 0.364. The number of nitrogens with zero attached hydrogens (tertiary/aromatic N) is 1. The second-order valence-electron chi connectivity index (χ2n) is 3.42. The molecule has 0 unspecified atom stereocenters. The van der Waals surface area contributed by atoms with Gasteiger partial charge in [0.15, 0.2) is 11.5 Å². The van der Waals surface area contributed by atoms with Gasteiger partial charge in [0.2, 0.25) is 0 Å². The Morgan fingerprint density at radius 3 is 2.47 bits per heavy atom. The van der Waals surface area contributed by atoms with Crippen LogP contribution in [0.3, 0.4) is 0 Å². The number of thiocarbonyl (C=S) groups is 1. The Hall–Kier alpha value is -1.29. The van der Waals surface area contributed by atoms with Crippen LogP contribution in [0.1, 0.15) is 5.56 Å². The summed E-state index contributed by atoms with van der Waals surface area (Å²) >= 11 is 5.05. The van der Waals surface area contributed by atoms with Crippen molar-refractivity contribution in [1.29, 1.82) is 0 Å². The highest BCUT2D eigenvalue weighted by molar-refractivity contribution is 7.80. The van der Waals surface area contributed by atoms with Crippen molar-refractivity contribution in [2.75, 3.05) is 21.2 Å². The molecule has 82 valence electrons. The molecule has 4 heteroatoms. The minimum absolute atomic E-state index is 0.414.